The SMILES string of the molecule is NCC#Cc1ccc(C(=O)N2CCNC(=O)CC2)cc1. The number of carbonyl (C=O) groups is 2. The van der Waals surface area contributed by atoms with Crippen LogP contribution in [0, 0.1) is 11.8 Å². The zero-order valence-electron chi connectivity index (χ0n) is 11.2. The third kappa shape index (κ3) is 3.59. The molecule has 20 heavy (non-hydrogen) atoms. The lowest BCUT2D eigenvalue weighted by Gasteiger charge is -2.19. The molecule has 1 aromatic rings. The van der Waals surface area contributed by atoms with E-state index < -0.39 is 0 Å². The monoisotopic (exact) mass is 271 g/mol. The van der Waals surface area contributed by atoms with Gasteiger partial charge in [0.05, 0.1) is 6.54 Å². The van der Waals surface area contributed by atoms with Crippen molar-refractivity contribution in [3.05, 3.63) is 35.4 Å². The molecule has 0 atom stereocenters. The Morgan fingerprint density at radius 1 is 1.30 bits per heavy atom. The molecule has 0 saturated carbocycles. The van der Waals surface area contributed by atoms with E-state index in [0.717, 1.165) is 5.56 Å². The van der Waals surface area contributed by atoms with Crippen molar-refractivity contribution in [2.45, 2.75) is 6.42 Å². The van der Waals surface area contributed by atoms with Crippen molar-refractivity contribution < 1.29 is 9.59 Å². The molecular weight excluding hydrogens is 254 g/mol. The number of nitrogens with zero attached hydrogens (tertiary/aromatic N) is 1. The van der Waals surface area contributed by atoms with Gasteiger partial charge in [0.2, 0.25) is 5.91 Å². The Morgan fingerprint density at radius 3 is 2.75 bits per heavy atom. The third-order valence-electron chi connectivity index (χ3n) is 3.07. The van der Waals surface area contributed by atoms with E-state index in [0.29, 0.717) is 38.2 Å². The van der Waals surface area contributed by atoms with Crippen LogP contribution in [0.2, 0.25) is 0 Å². The smallest absolute Gasteiger partial charge is 0.253 e. The van der Waals surface area contributed by atoms with Gasteiger partial charge in [0.25, 0.3) is 5.91 Å². The van der Waals surface area contributed by atoms with Crippen molar-refractivity contribution in [1.29, 1.82) is 0 Å². The number of nitrogens with one attached hydrogen (secondary N) is 1. The molecular formula is C15H17N3O2. The second-order valence-corrected chi connectivity index (χ2v) is 4.48. The predicted molar refractivity (Wildman–Crippen MR) is 75.9 cm³/mol. The van der Waals surface area contributed by atoms with Gasteiger partial charge >= 0.3 is 0 Å². The summed E-state index contributed by atoms with van der Waals surface area (Å²) in [7, 11) is 0. The van der Waals surface area contributed by atoms with Crippen molar-refractivity contribution >= 4 is 11.8 Å². The Kier molecular flexibility index (Phi) is 4.75. The molecule has 0 aromatic heterocycles. The first-order valence-corrected chi connectivity index (χ1v) is 6.55. The largest absolute Gasteiger partial charge is 0.354 e. The molecule has 1 fully saturated rings. The molecule has 3 N–H and O–H groups in total. The van der Waals surface area contributed by atoms with Gasteiger partial charge in [-0.1, -0.05) is 11.8 Å². The summed E-state index contributed by atoms with van der Waals surface area (Å²) in [4.78, 5) is 25.3. The molecule has 0 bridgehead atoms. The van der Waals surface area contributed by atoms with Gasteiger partial charge in [-0.05, 0) is 24.3 Å². The number of nitrogens with two attached hydrogens (primary N) is 1. The number of hydrogen-bond acceptors (Lipinski definition) is 3. The first-order valence-electron chi connectivity index (χ1n) is 6.55. The van der Waals surface area contributed by atoms with Gasteiger partial charge in [-0.3, -0.25) is 9.59 Å². The van der Waals surface area contributed by atoms with E-state index in [4.69, 9.17) is 5.73 Å². The molecule has 5 heteroatoms. The molecule has 0 radical (unpaired) electrons. The number of benzene rings is 1. The van der Waals surface area contributed by atoms with Crippen LogP contribution in [0.3, 0.4) is 0 Å². The lowest BCUT2D eigenvalue weighted by molar-refractivity contribution is -0.120. The van der Waals surface area contributed by atoms with Gasteiger partial charge in [-0.15, -0.1) is 0 Å². The molecule has 1 aromatic carbocycles. The molecule has 1 aliphatic heterocycles. The minimum Gasteiger partial charge on any atom is -0.354 e. The van der Waals surface area contributed by atoms with E-state index >= 15 is 0 Å². The van der Waals surface area contributed by atoms with Gasteiger partial charge < -0.3 is 16.0 Å². The molecule has 0 spiro atoms. The normalized spacial score (nSPS) is 14.8. The highest BCUT2D eigenvalue weighted by atomic mass is 16.2. The maximum Gasteiger partial charge on any atom is 0.253 e. The van der Waals surface area contributed by atoms with Crippen LogP contribution in [-0.4, -0.2) is 42.9 Å². The average Bonchev–Trinajstić information content (AvgIpc) is 2.70. The fraction of sp³-hybridized carbons (Fsp3) is 0.333. The van der Waals surface area contributed by atoms with Gasteiger partial charge in [-0.2, -0.15) is 0 Å². The summed E-state index contributed by atoms with van der Waals surface area (Å²) in [6.07, 6.45) is 0.353. The fourth-order valence-electron chi connectivity index (χ4n) is 2.00. The van der Waals surface area contributed by atoms with E-state index in [-0.39, 0.29) is 11.8 Å². The zero-order chi connectivity index (χ0) is 14.4. The molecule has 0 unspecified atom stereocenters. The summed E-state index contributed by atoms with van der Waals surface area (Å²) in [5, 5.41) is 2.75. The van der Waals surface area contributed by atoms with E-state index in [1.807, 2.05) is 0 Å². The molecule has 1 aliphatic rings. The van der Waals surface area contributed by atoms with E-state index in [9.17, 15) is 9.59 Å². The van der Waals surface area contributed by atoms with Crippen LogP contribution in [0.1, 0.15) is 22.3 Å². The molecule has 0 aliphatic carbocycles. The lowest BCUT2D eigenvalue weighted by atomic mass is 10.1. The summed E-state index contributed by atoms with van der Waals surface area (Å²) >= 11 is 0. The first kappa shape index (κ1) is 14.1. The van der Waals surface area contributed by atoms with Crippen molar-refractivity contribution in [2.75, 3.05) is 26.2 Å². The van der Waals surface area contributed by atoms with Crippen LogP contribution >= 0.6 is 0 Å². The topological polar surface area (TPSA) is 75.4 Å². The summed E-state index contributed by atoms with van der Waals surface area (Å²) in [6.45, 7) is 1.82. The lowest BCUT2D eigenvalue weighted by Crippen LogP contribution is -2.34. The molecule has 5 nitrogen and oxygen atoms in total. The summed E-state index contributed by atoms with van der Waals surface area (Å²) in [5.41, 5.74) is 6.75. The number of rotatable bonds is 1. The fourth-order valence-corrected chi connectivity index (χ4v) is 2.00. The molecule has 2 amide bonds. The maximum atomic E-state index is 12.3. The minimum atomic E-state index is -0.0557. The highest BCUT2D eigenvalue weighted by Gasteiger charge is 2.19. The Labute approximate surface area is 118 Å². The zero-order valence-corrected chi connectivity index (χ0v) is 11.2. The van der Waals surface area contributed by atoms with Crippen LogP contribution in [0.15, 0.2) is 24.3 Å². The van der Waals surface area contributed by atoms with Crippen molar-refractivity contribution in [3.63, 3.8) is 0 Å². The predicted octanol–water partition coefficient (Wildman–Crippen LogP) is -0.0411. The van der Waals surface area contributed by atoms with Crippen LogP contribution in [0.5, 0.6) is 0 Å². The van der Waals surface area contributed by atoms with Crippen LogP contribution in [-0.2, 0) is 4.79 Å². The van der Waals surface area contributed by atoms with Gasteiger partial charge in [0.1, 0.15) is 0 Å². The van der Waals surface area contributed by atoms with Crippen LogP contribution < -0.4 is 11.1 Å². The molecule has 104 valence electrons. The van der Waals surface area contributed by atoms with Crippen LogP contribution in [0.25, 0.3) is 0 Å². The summed E-state index contributed by atoms with van der Waals surface area (Å²) in [5.74, 6) is 5.62. The van der Waals surface area contributed by atoms with Gasteiger partial charge in [0.15, 0.2) is 0 Å². The Hall–Kier alpha value is -2.32. The van der Waals surface area contributed by atoms with E-state index in [2.05, 4.69) is 17.2 Å². The standard InChI is InChI=1S/C15H17N3O2/c16-8-1-2-12-3-5-13(6-4-12)15(20)18-10-7-14(19)17-9-11-18/h3-6H,7-11,16H2,(H,17,19). The molecule has 1 saturated heterocycles. The maximum absolute atomic E-state index is 12.3. The molecule has 2 rings (SSSR count). The number of carbonyl (C=O) groups excluding carboxylic acids is 2. The first-order chi connectivity index (χ1) is 9.70. The van der Waals surface area contributed by atoms with Crippen molar-refractivity contribution in [2.24, 2.45) is 5.73 Å². The Balaban J connectivity index is 2.06. The van der Waals surface area contributed by atoms with E-state index in [1.54, 1.807) is 29.2 Å². The molecule has 1 heterocycles. The van der Waals surface area contributed by atoms with Gasteiger partial charge in [-0.25, -0.2) is 0 Å². The average molecular weight is 271 g/mol. The number of amides is 2. The second-order valence-electron chi connectivity index (χ2n) is 4.48. The van der Waals surface area contributed by atoms with Crippen molar-refractivity contribution in [3.8, 4) is 11.8 Å². The Bertz CT molecular complexity index is 555. The van der Waals surface area contributed by atoms with Crippen LogP contribution in [0.4, 0.5) is 0 Å². The van der Waals surface area contributed by atoms with E-state index in [1.165, 1.54) is 0 Å². The number of hydrogen-bond donors (Lipinski definition) is 2. The van der Waals surface area contributed by atoms with Gasteiger partial charge in [0, 0.05) is 37.2 Å². The minimum absolute atomic E-state index is 0.00675. The highest BCUT2D eigenvalue weighted by molar-refractivity contribution is 5.94. The highest BCUT2D eigenvalue weighted by Crippen LogP contribution is 2.08. The Morgan fingerprint density at radius 2 is 2.05 bits per heavy atom. The summed E-state index contributed by atoms with van der Waals surface area (Å²) < 4.78 is 0. The second kappa shape index (κ2) is 6.73. The summed E-state index contributed by atoms with van der Waals surface area (Å²) in [6, 6.07) is 7.11. The third-order valence-corrected chi connectivity index (χ3v) is 3.07. The quantitative estimate of drug-likeness (QED) is 0.704. The van der Waals surface area contributed by atoms with Crippen molar-refractivity contribution in [1.82, 2.24) is 10.2 Å².